The summed E-state index contributed by atoms with van der Waals surface area (Å²) in [6, 6.07) is 0. The maximum Gasteiger partial charge on any atom is 0.403 e. The molecule has 0 aliphatic carbocycles. The summed E-state index contributed by atoms with van der Waals surface area (Å²) < 4.78 is 4.44. The highest BCUT2D eigenvalue weighted by Gasteiger charge is 2.11. The van der Waals surface area contributed by atoms with Crippen molar-refractivity contribution in [3.8, 4) is 0 Å². The Kier molecular flexibility index (Phi) is 1.39. The number of nitrogens with zero attached hydrogens (tertiary/aromatic N) is 2. The standard InChI is InChI=1S/C3H2N2O3S/c6-5(7)2-1-8-3(9)4-2/h1H,(H,4,9). The van der Waals surface area contributed by atoms with E-state index < -0.39 is 4.92 Å². The molecule has 0 bridgehead atoms. The lowest BCUT2D eigenvalue weighted by Crippen LogP contribution is -1.85. The number of rotatable bonds is 1. The van der Waals surface area contributed by atoms with Crippen LogP contribution in [0.25, 0.3) is 0 Å². The Bertz CT molecular complexity index is 233. The van der Waals surface area contributed by atoms with Crippen LogP contribution in [-0.2, 0) is 0 Å². The molecule has 5 nitrogen and oxygen atoms in total. The van der Waals surface area contributed by atoms with Gasteiger partial charge in [0.15, 0.2) is 6.26 Å². The Morgan fingerprint density at radius 2 is 2.56 bits per heavy atom. The van der Waals surface area contributed by atoms with Crippen LogP contribution >= 0.6 is 12.6 Å². The molecule has 0 fully saturated rings. The molecule has 1 aromatic rings. The van der Waals surface area contributed by atoms with Gasteiger partial charge in [0, 0.05) is 4.98 Å². The fourth-order valence-corrected chi connectivity index (χ4v) is 0.495. The SMILES string of the molecule is O=[N+]([O-])c1coc(S)n1. The quantitative estimate of drug-likeness (QED) is 0.362. The monoisotopic (exact) mass is 146 g/mol. The van der Waals surface area contributed by atoms with Gasteiger partial charge in [-0.25, -0.2) is 0 Å². The van der Waals surface area contributed by atoms with Crippen LogP contribution in [0, 0.1) is 10.1 Å². The molecule has 1 rings (SSSR count). The van der Waals surface area contributed by atoms with E-state index in [0.717, 1.165) is 6.26 Å². The van der Waals surface area contributed by atoms with Crippen molar-refractivity contribution >= 4 is 18.4 Å². The Morgan fingerprint density at radius 3 is 2.78 bits per heavy atom. The molecule has 9 heavy (non-hydrogen) atoms. The molecule has 0 radical (unpaired) electrons. The highest BCUT2D eigenvalue weighted by Crippen LogP contribution is 2.11. The number of hydrogen-bond acceptors (Lipinski definition) is 5. The van der Waals surface area contributed by atoms with Crippen molar-refractivity contribution in [1.29, 1.82) is 0 Å². The summed E-state index contributed by atoms with van der Waals surface area (Å²) in [5.74, 6) is -0.319. The molecule has 0 amide bonds. The second kappa shape index (κ2) is 2.06. The van der Waals surface area contributed by atoms with E-state index in [-0.39, 0.29) is 11.0 Å². The van der Waals surface area contributed by atoms with Gasteiger partial charge in [-0.05, 0) is 4.92 Å². The molecule has 0 atom stereocenters. The largest absolute Gasteiger partial charge is 0.414 e. The lowest BCUT2D eigenvalue weighted by Gasteiger charge is -1.79. The van der Waals surface area contributed by atoms with Gasteiger partial charge in [-0.15, -0.1) is 0 Å². The van der Waals surface area contributed by atoms with E-state index in [1.165, 1.54) is 0 Å². The highest BCUT2D eigenvalue weighted by molar-refractivity contribution is 7.80. The second-order valence-electron chi connectivity index (χ2n) is 1.25. The zero-order valence-electron chi connectivity index (χ0n) is 4.14. The van der Waals surface area contributed by atoms with Gasteiger partial charge >= 0.3 is 11.0 Å². The van der Waals surface area contributed by atoms with E-state index >= 15 is 0 Å². The first kappa shape index (κ1) is 6.09. The lowest BCUT2D eigenvalue weighted by atomic mass is 10.8. The van der Waals surface area contributed by atoms with E-state index in [1.807, 2.05) is 0 Å². The number of oxazole rings is 1. The molecule has 0 aliphatic rings. The third-order valence-corrected chi connectivity index (χ3v) is 0.872. The molecular weight excluding hydrogens is 144 g/mol. The summed E-state index contributed by atoms with van der Waals surface area (Å²) in [6.45, 7) is 0. The van der Waals surface area contributed by atoms with Gasteiger partial charge in [-0.3, -0.25) is 0 Å². The molecule has 0 unspecified atom stereocenters. The summed E-state index contributed by atoms with van der Waals surface area (Å²) in [6.07, 6.45) is 0.933. The van der Waals surface area contributed by atoms with E-state index in [4.69, 9.17) is 0 Å². The first-order valence-corrected chi connectivity index (χ1v) is 2.44. The summed E-state index contributed by atoms with van der Waals surface area (Å²) in [7, 11) is 0. The summed E-state index contributed by atoms with van der Waals surface area (Å²) in [4.78, 5) is 12.5. The third-order valence-electron chi connectivity index (χ3n) is 0.667. The van der Waals surface area contributed by atoms with Crippen molar-refractivity contribution in [2.24, 2.45) is 0 Å². The number of hydrogen-bond donors (Lipinski definition) is 1. The number of thiol groups is 1. The van der Waals surface area contributed by atoms with Crippen molar-refractivity contribution in [3.63, 3.8) is 0 Å². The van der Waals surface area contributed by atoms with E-state index in [0.29, 0.717) is 0 Å². The van der Waals surface area contributed by atoms with Gasteiger partial charge in [0.2, 0.25) is 0 Å². The van der Waals surface area contributed by atoms with Crippen molar-refractivity contribution < 1.29 is 9.34 Å². The predicted molar refractivity (Wildman–Crippen MR) is 30.4 cm³/mol. The van der Waals surface area contributed by atoms with Crippen LogP contribution in [0.15, 0.2) is 15.9 Å². The average Bonchev–Trinajstić information content (AvgIpc) is 2.14. The average molecular weight is 146 g/mol. The Hall–Kier alpha value is -1.04. The van der Waals surface area contributed by atoms with E-state index in [9.17, 15) is 10.1 Å². The number of nitro groups is 1. The minimum Gasteiger partial charge on any atom is -0.414 e. The van der Waals surface area contributed by atoms with Gasteiger partial charge in [0.1, 0.15) is 0 Å². The van der Waals surface area contributed by atoms with Crippen LogP contribution in [-0.4, -0.2) is 9.91 Å². The van der Waals surface area contributed by atoms with Crippen LogP contribution in [0.1, 0.15) is 0 Å². The van der Waals surface area contributed by atoms with Crippen LogP contribution in [0.2, 0.25) is 0 Å². The van der Waals surface area contributed by atoms with Crippen molar-refractivity contribution in [1.82, 2.24) is 4.98 Å². The van der Waals surface area contributed by atoms with Crippen molar-refractivity contribution in [2.45, 2.75) is 5.22 Å². The van der Waals surface area contributed by atoms with Gasteiger partial charge in [0.05, 0.1) is 0 Å². The Labute approximate surface area is 55.3 Å². The minimum absolute atomic E-state index is 0.00157. The molecule has 1 heterocycles. The Balaban J connectivity index is 2.98. The smallest absolute Gasteiger partial charge is 0.403 e. The van der Waals surface area contributed by atoms with Gasteiger partial charge in [-0.1, -0.05) is 12.6 Å². The van der Waals surface area contributed by atoms with Crippen LogP contribution in [0.5, 0.6) is 0 Å². The van der Waals surface area contributed by atoms with Crippen LogP contribution in [0.3, 0.4) is 0 Å². The molecule has 0 saturated carbocycles. The molecule has 0 aromatic carbocycles. The van der Waals surface area contributed by atoms with Crippen molar-refractivity contribution in [3.05, 3.63) is 16.4 Å². The normalized spacial score (nSPS) is 9.44. The summed E-state index contributed by atoms with van der Waals surface area (Å²) in [5.41, 5.74) is 0. The molecule has 0 N–H and O–H groups in total. The zero-order valence-corrected chi connectivity index (χ0v) is 5.04. The topological polar surface area (TPSA) is 69.2 Å². The van der Waals surface area contributed by atoms with Crippen LogP contribution < -0.4 is 0 Å². The Morgan fingerprint density at radius 1 is 1.89 bits per heavy atom. The molecule has 48 valence electrons. The maximum absolute atomic E-state index is 9.86. The molecule has 1 aromatic heterocycles. The van der Waals surface area contributed by atoms with Gasteiger partial charge in [-0.2, -0.15) is 0 Å². The molecule has 0 aliphatic heterocycles. The fourth-order valence-electron chi connectivity index (χ4n) is 0.340. The van der Waals surface area contributed by atoms with E-state index in [2.05, 4.69) is 22.0 Å². The van der Waals surface area contributed by atoms with E-state index in [1.54, 1.807) is 0 Å². The first-order valence-electron chi connectivity index (χ1n) is 1.99. The maximum atomic E-state index is 9.86. The predicted octanol–water partition coefficient (Wildman–Crippen LogP) is 0.871. The fraction of sp³-hybridized carbons (Fsp3) is 0. The van der Waals surface area contributed by atoms with Crippen LogP contribution in [0.4, 0.5) is 5.82 Å². The summed E-state index contributed by atoms with van der Waals surface area (Å²) in [5, 5.41) is 9.86. The second-order valence-corrected chi connectivity index (χ2v) is 1.63. The molecular formula is C3H2N2O3S. The van der Waals surface area contributed by atoms with Gasteiger partial charge in [0.25, 0.3) is 0 Å². The number of aromatic nitrogens is 1. The third kappa shape index (κ3) is 1.20. The summed E-state index contributed by atoms with van der Waals surface area (Å²) >= 11 is 3.62. The molecule has 0 saturated heterocycles. The first-order chi connectivity index (χ1) is 4.20. The zero-order chi connectivity index (χ0) is 6.85. The van der Waals surface area contributed by atoms with Crippen molar-refractivity contribution in [2.75, 3.05) is 0 Å². The van der Waals surface area contributed by atoms with Gasteiger partial charge < -0.3 is 14.5 Å². The highest BCUT2D eigenvalue weighted by atomic mass is 32.1. The lowest BCUT2D eigenvalue weighted by molar-refractivity contribution is -0.389. The molecule has 6 heteroatoms. The molecule has 0 spiro atoms. The minimum atomic E-state index is -0.650.